The molecule has 1 aliphatic heterocycles. The summed E-state index contributed by atoms with van der Waals surface area (Å²) in [6.45, 7) is 0. The average Bonchev–Trinajstić information content (AvgIpc) is 2.84. The summed E-state index contributed by atoms with van der Waals surface area (Å²) < 4.78 is 5.08. The number of ether oxygens (including phenoxy) is 1. The normalized spacial score (nSPS) is 14.3. The molecule has 6 nitrogen and oxygen atoms in total. The molecule has 0 aromatic heterocycles. The Bertz CT molecular complexity index is 852. The van der Waals surface area contributed by atoms with Gasteiger partial charge in [0.2, 0.25) is 0 Å². The van der Waals surface area contributed by atoms with E-state index in [0.29, 0.717) is 17.0 Å². The van der Waals surface area contributed by atoms with E-state index in [-0.39, 0.29) is 5.57 Å². The molecule has 3 rings (SSSR count). The largest absolute Gasteiger partial charge is 0.502 e. The number of amides is 2. The van der Waals surface area contributed by atoms with Crippen molar-refractivity contribution >= 4 is 28.8 Å². The number of rotatable bonds is 4. The molecule has 1 heterocycles. The van der Waals surface area contributed by atoms with Gasteiger partial charge < -0.3 is 14.7 Å². The molecule has 0 radical (unpaired) electrons. The lowest BCUT2D eigenvalue weighted by atomic mass is 10.1. The molecule has 0 atom stereocenters. The molecule has 2 aromatic carbocycles. The van der Waals surface area contributed by atoms with Gasteiger partial charge >= 0.3 is 5.91 Å². The molecule has 0 saturated carbocycles. The maximum Gasteiger partial charge on any atom is 0.301 e. The summed E-state index contributed by atoms with van der Waals surface area (Å²) in [4.78, 5) is 28.0. The van der Waals surface area contributed by atoms with Crippen molar-refractivity contribution in [2.75, 3.05) is 31.0 Å². The molecule has 2 amide bonds. The standard InChI is InChI=1S/C19H18N2O4/c1-20(2)13-6-8-14(9-7-13)21-18(23)16(17(22)19(21)24)12-4-10-15(25-3)11-5-12/h4-11,22H,1-3H3. The molecule has 0 saturated heterocycles. The Morgan fingerprint density at radius 3 is 2.04 bits per heavy atom. The van der Waals surface area contributed by atoms with Gasteiger partial charge in [-0.3, -0.25) is 9.59 Å². The second-order valence-electron chi connectivity index (χ2n) is 5.81. The van der Waals surface area contributed by atoms with Crippen LogP contribution in [0.3, 0.4) is 0 Å². The second-order valence-corrected chi connectivity index (χ2v) is 5.81. The van der Waals surface area contributed by atoms with Gasteiger partial charge in [-0.15, -0.1) is 0 Å². The molecule has 128 valence electrons. The van der Waals surface area contributed by atoms with E-state index in [1.54, 1.807) is 48.5 Å². The number of hydrogen-bond acceptors (Lipinski definition) is 5. The number of benzene rings is 2. The van der Waals surface area contributed by atoms with Crippen molar-refractivity contribution in [3.63, 3.8) is 0 Å². The predicted molar refractivity (Wildman–Crippen MR) is 95.8 cm³/mol. The van der Waals surface area contributed by atoms with Crippen molar-refractivity contribution in [2.24, 2.45) is 0 Å². The topological polar surface area (TPSA) is 70.1 Å². The fourth-order valence-corrected chi connectivity index (χ4v) is 2.67. The molecule has 25 heavy (non-hydrogen) atoms. The molecule has 0 bridgehead atoms. The fourth-order valence-electron chi connectivity index (χ4n) is 2.67. The van der Waals surface area contributed by atoms with Gasteiger partial charge in [0.1, 0.15) is 5.75 Å². The van der Waals surface area contributed by atoms with Crippen LogP contribution in [0.25, 0.3) is 5.57 Å². The molecule has 6 heteroatoms. The number of imide groups is 1. The highest BCUT2D eigenvalue weighted by atomic mass is 16.5. The predicted octanol–water partition coefficient (Wildman–Crippen LogP) is 2.60. The molecule has 1 aliphatic rings. The maximum atomic E-state index is 12.7. The molecule has 0 fully saturated rings. The van der Waals surface area contributed by atoms with Crippen molar-refractivity contribution in [3.05, 3.63) is 59.9 Å². The first kappa shape index (κ1) is 16.6. The van der Waals surface area contributed by atoms with Crippen LogP contribution in [0.2, 0.25) is 0 Å². The Morgan fingerprint density at radius 2 is 1.52 bits per heavy atom. The zero-order chi connectivity index (χ0) is 18.1. The van der Waals surface area contributed by atoms with Crippen LogP contribution in [-0.2, 0) is 9.59 Å². The number of carbonyl (C=O) groups is 2. The molecule has 1 N–H and O–H groups in total. The van der Waals surface area contributed by atoms with Crippen LogP contribution < -0.4 is 14.5 Å². The van der Waals surface area contributed by atoms with Gasteiger partial charge in [0.25, 0.3) is 5.91 Å². The van der Waals surface area contributed by atoms with Crippen molar-refractivity contribution in [3.8, 4) is 5.75 Å². The van der Waals surface area contributed by atoms with Crippen LogP contribution in [0.5, 0.6) is 5.75 Å². The van der Waals surface area contributed by atoms with Gasteiger partial charge in [0.15, 0.2) is 5.76 Å². The van der Waals surface area contributed by atoms with Crippen molar-refractivity contribution in [2.45, 2.75) is 0 Å². The van der Waals surface area contributed by atoms with E-state index >= 15 is 0 Å². The third-order valence-corrected chi connectivity index (χ3v) is 4.06. The average molecular weight is 338 g/mol. The first-order valence-corrected chi connectivity index (χ1v) is 7.68. The molecular formula is C19H18N2O4. The lowest BCUT2D eigenvalue weighted by Gasteiger charge is -2.17. The molecular weight excluding hydrogens is 320 g/mol. The van der Waals surface area contributed by atoms with Crippen LogP contribution >= 0.6 is 0 Å². The van der Waals surface area contributed by atoms with E-state index < -0.39 is 17.6 Å². The number of methoxy groups -OCH3 is 1. The van der Waals surface area contributed by atoms with Gasteiger partial charge in [-0.1, -0.05) is 12.1 Å². The van der Waals surface area contributed by atoms with E-state index in [2.05, 4.69) is 0 Å². The van der Waals surface area contributed by atoms with E-state index in [0.717, 1.165) is 10.6 Å². The zero-order valence-electron chi connectivity index (χ0n) is 14.2. The Morgan fingerprint density at radius 1 is 0.920 bits per heavy atom. The van der Waals surface area contributed by atoms with Crippen LogP contribution in [-0.4, -0.2) is 38.1 Å². The minimum Gasteiger partial charge on any atom is -0.502 e. The Kier molecular flexibility index (Phi) is 4.19. The van der Waals surface area contributed by atoms with E-state index in [1.807, 2.05) is 19.0 Å². The number of aliphatic hydroxyl groups excluding tert-OH is 1. The number of aliphatic hydroxyl groups is 1. The lowest BCUT2D eigenvalue weighted by Crippen LogP contribution is -2.31. The molecule has 2 aromatic rings. The summed E-state index contributed by atoms with van der Waals surface area (Å²) in [7, 11) is 5.34. The third kappa shape index (κ3) is 2.82. The van der Waals surface area contributed by atoms with E-state index in [1.165, 1.54) is 7.11 Å². The Labute approximate surface area is 145 Å². The highest BCUT2D eigenvalue weighted by molar-refractivity contribution is 6.44. The van der Waals surface area contributed by atoms with Gasteiger partial charge in [0, 0.05) is 19.8 Å². The van der Waals surface area contributed by atoms with E-state index in [9.17, 15) is 14.7 Å². The summed E-state index contributed by atoms with van der Waals surface area (Å²) in [5.74, 6) is -1.21. The summed E-state index contributed by atoms with van der Waals surface area (Å²) in [6.07, 6.45) is 0. The Balaban J connectivity index is 1.95. The minimum absolute atomic E-state index is 0.00987. The quantitative estimate of drug-likeness (QED) is 0.868. The van der Waals surface area contributed by atoms with E-state index in [4.69, 9.17) is 4.74 Å². The minimum atomic E-state index is -0.728. The second kappa shape index (κ2) is 6.32. The third-order valence-electron chi connectivity index (χ3n) is 4.06. The maximum absolute atomic E-state index is 12.7. The summed E-state index contributed by atoms with van der Waals surface area (Å²) in [6, 6.07) is 13.6. The van der Waals surface area contributed by atoms with Crippen LogP contribution in [0, 0.1) is 0 Å². The SMILES string of the molecule is COc1ccc(C2=C(O)C(=O)N(c3ccc(N(C)C)cc3)C2=O)cc1. The summed E-state index contributed by atoms with van der Waals surface area (Å²) in [5, 5.41) is 10.2. The first-order chi connectivity index (χ1) is 11.9. The van der Waals surface area contributed by atoms with Gasteiger partial charge in [0.05, 0.1) is 18.4 Å². The molecule has 0 aliphatic carbocycles. The monoisotopic (exact) mass is 338 g/mol. The van der Waals surface area contributed by atoms with Gasteiger partial charge in [-0.2, -0.15) is 0 Å². The van der Waals surface area contributed by atoms with Gasteiger partial charge in [-0.25, -0.2) is 4.90 Å². The number of nitrogens with zero attached hydrogens (tertiary/aromatic N) is 2. The smallest absolute Gasteiger partial charge is 0.301 e. The van der Waals surface area contributed by atoms with Crippen molar-refractivity contribution < 1.29 is 19.4 Å². The van der Waals surface area contributed by atoms with Crippen LogP contribution in [0.15, 0.2) is 54.3 Å². The fraction of sp³-hybridized carbons (Fsp3) is 0.158. The number of hydrogen-bond donors (Lipinski definition) is 1. The van der Waals surface area contributed by atoms with Crippen molar-refractivity contribution in [1.82, 2.24) is 0 Å². The first-order valence-electron chi connectivity index (χ1n) is 7.68. The Hall–Kier alpha value is -3.28. The number of anilines is 2. The highest BCUT2D eigenvalue weighted by Gasteiger charge is 2.40. The van der Waals surface area contributed by atoms with Gasteiger partial charge in [-0.05, 0) is 42.0 Å². The van der Waals surface area contributed by atoms with Crippen LogP contribution in [0.4, 0.5) is 11.4 Å². The number of carbonyl (C=O) groups excluding carboxylic acids is 2. The summed E-state index contributed by atoms with van der Waals surface area (Å²) >= 11 is 0. The summed E-state index contributed by atoms with van der Waals surface area (Å²) in [5.41, 5.74) is 1.81. The van der Waals surface area contributed by atoms with Crippen LogP contribution in [0.1, 0.15) is 5.56 Å². The lowest BCUT2D eigenvalue weighted by molar-refractivity contribution is -0.121. The molecule has 0 unspecified atom stereocenters. The van der Waals surface area contributed by atoms with Crippen molar-refractivity contribution in [1.29, 1.82) is 0 Å². The highest BCUT2D eigenvalue weighted by Crippen LogP contribution is 2.33. The molecule has 0 spiro atoms. The zero-order valence-corrected chi connectivity index (χ0v) is 14.2.